The van der Waals surface area contributed by atoms with Crippen molar-refractivity contribution in [1.29, 1.82) is 5.26 Å². The molecule has 1 aliphatic carbocycles. The second kappa shape index (κ2) is 5.65. The van der Waals surface area contributed by atoms with E-state index in [1.54, 1.807) is 6.20 Å². The van der Waals surface area contributed by atoms with Gasteiger partial charge in [0.05, 0.1) is 11.8 Å². The molecule has 2 rings (SSSR count). The average molecular weight is 231 g/mol. The average Bonchev–Trinajstić information content (AvgIpc) is 2.38. The molecule has 0 unspecified atom stereocenters. The highest BCUT2D eigenvalue weighted by molar-refractivity contribution is 5.53. The van der Waals surface area contributed by atoms with Crippen LogP contribution in [0.1, 0.15) is 31.4 Å². The zero-order chi connectivity index (χ0) is 12.1. The van der Waals surface area contributed by atoms with Crippen molar-refractivity contribution in [1.82, 2.24) is 4.98 Å². The molecule has 0 amide bonds. The predicted octanol–water partition coefficient (Wildman–Crippen LogP) is 1.92. The molecule has 0 bridgehead atoms. The number of aliphatic hydroxyl groups excluding tert-OH is 1. The number of nitriles is 1. The molecule has 2 N–H and O–H groups in total. The van der Waals surface area contributed by atoms with E-state index in [4.69, 9.17) is 5.26 Å². The van der Waals surface area contributed by atoms with E-state index in [0.29, 0.717) is 11.6 Å². The fraction of sp³-hybridized carbons (Fsp3) is 0.538. The first-order valence-corrected chi connectivity index (χ1v) is 6.06. The van der Waals surface area contributed by atoms with Gasteiger partial charge in [0.15, 0.2) is 5.69 Å². The molecule has 1 heterocycles. The maximum Gasteiger partial charge on any atom is 0.163 e. The molecular formula is C13H17N3O. The van der Waals surface area contributed by atoms with Crippen LogP contribution in [0.4, 0.5) is 5.69 Å². The fourth-order valence-electron chi connectivity index (χ4n) is 2.24. The molecule has 0 aliphatic heterocycles. The smallest absolute Gasteiger partial charge is 0.163 e. The van der Waals surface area contributed by atoms with Gasteiger partial charge in [-0.3, -0.25) is 0 Å². The molecule has 1 saturated carbocycles. The number of nitrogens with one attached hydrogen (secondary N) is 1. The summed E-state index contributed by atoms with van der Waals surface area (Å²) in [7, 11) is 0. The molecular weight excluding hydrogens is 214 g/mol. The molecule has 4 heteroatoms. The predicted molar refractivity (Wildman–Crippen MR) is 65.4 cm³/mol. The van der Waals surface area contributed by atoms with Gasteiger partial charge >= 0.3 is 0 Å². The second-order valence-corrected chi connectivity index (χ2v) is 4.57. The molecule has 0 atom stereocenters. The third kappa shape index (κ3) is 3.18. The van der Waals surface area contributed by atoms with Crippen LogP contribution in [0.25, 0.3) is 0 Å². The quantitative estimate of drug-likeness (QED) is 0.833. The van der Waals surface area contributed by atoms with E-state index in [0.717, 1.165) is 37.9 Å². The minimum absolute atomic E-state index is 0.112. The van der Waals surface area contributed by atoms with Crippen LogP contribution >= 0.6 is 0 Å². The van der Waals surface area contributed by atoms with Crippen molar-refractivity contribution in [3.63, 3.8) is 0 Å². The van der Waals surface area contributed by atoms with Gasteiger partial charge in [-0.1, -0.05) is 0 Å². The van der Waals surface area contributed by atoms with Crippen LogP contribution in [0.15, 0.2) is 18.3 Å². The van der Waals surface area contributed by atoms with E-state index in [2.05, 4.69) is 16.4 Å². The highest BCUT2D eigenvalue weighted by atomic mass is 16.3. The van der Waals surface area contributed by atoms with Crippen LogP contribution in [0.2, 0.25) is 0 Å². The van der Waals surface area contributed by atoms with Crippen molar-refractivity contribution in [3.05, 3.63) is 24.0 Å². The summed E-state index contributed by atoms with van der Waals surface area (Å²) >= 11 is 0. The van der Waals surface area contributed by atoms with Gasteiger partial charge in [0, 0.05) is 12.7 Å². The Morgan fingerprint density at radius 1 is 1.41 bits per heavy atom. The number of hydrogen-bond acceptors (Lipinski definition) is 4. The van der Waals surface area contributed by atoms with E-state index in [1.807, 2.05) is 12.1 Å². The van der Waals surface area contributed by atoms with Gasteiger partial charge in [0.2, 0.25) is 0 Å². The number of rotatable bonds is 3. The Morgan fingerprint density at radius 2 is 2.18 bits per heavy atom. The zero-order valence-corrected chi connectivity index (χ0v) is 9.76. The standard InChI is InChI=1S/C13H17N3O/c14-8-13-12(2-1-7-15-13)16-9-10-3-5-11(17)6-4-10/h1-2,7,10-11,16-17H,3-6,9H2. The summed E-state index contributed by atoms with van der Waals surface area (Å²) in [5.41, 5.74) is 1.25. The van der Waals surface area contributed by atoms with Gasteiger partial charge in [-0.15, -0.1) is 0 Å². The summed E-state index contributed by atoms with van der Waals surface area (Å²) in [6.45, 7) is 0.854. The van der Waals surface area contributed by atoms with Gasteiger partial charge in [-0.2, -0.15) is 5.26 Å². The van der Waals surface area contributed by atoms with E-state index >= 15 is 0 Å². The van der Waals surface area contributed by atoms with Gasteiger partial charge in [0.25, 0.3) is 0 Å². The summed E-state index contributed by atoms with van der Waals surface area (Å²) in [6, 6.07) is 5.78. The molecule has 1 aromatic heterocycles. The normalized spacial score (nSPS) is 24.0. The SMILES string of the molecule is N#Cc1ncccc1NCC1CCC(O)CC1. The minimum Gasteiger partial charge on any atom is -0.393 e. The minimum atomic E-state index is -0.112. The third-order valence-corrected chi connectivity index (χ3v) is 3.31. The van der Waals surface area contributed by atoms with Crippen LogP contribution in [-0.2, 0) is 0 Å². The molecule has 1 aliphatic rings. The van der Waals surface area contributed by atoms with Crippen LogP contribution in [-0.4, -0.2) is 22.7 Å². The summed E-state index contributed by atoms with van der Waals surface area (Å²) in [6.07, 6.45) is 5.40. The van der Waals surface area contributed by atoms with Gasteiger partial charge in [-0.05, 0) is 43.7 Å². The van der Waals surface area contributed by atoms with Crippen molar-refractivity contribution in [2.45, 2.75) is 31.8 Å². The summed E-state index contributed by atoms with van der Waals surface area (Å²) in [5.74, 6) is 0.588. The molecule has 17 heavy (non-hydrogen) atoms. The number of aliphatic hydroxyl groups is 1. The van der Waals surface area contributed by atoms with Crippen molar-refractivity contribution in [2.75, 3.05) is 11.9 Å². The first-order valence-electron chi connectivity index (χ1n) is 6.06. The largest absolute Gasteiger partial charge is 0.393 e. The highest BCUT2D eigenvalue weighted by Crippen LogP contribution is 2.24. The Hall–Kier alpha value is -1.60. The second-order valence-electron chi connectivity index (χ2n) is 4.57. The van der Waals surface area contributed by atoms with E-state index < -0.39 is 0 Å². The Bertz CT molecular complexity index is 405. The maximum atomic E-state index is 9.42. The van der Waals surface area contributed by atoms with Crippen molar-refractivity contribution in [3.8, 4) is 6.07 Å². The van der Waals surface area contributed by atoms with Crippen LogP contribution < -0.4 is 5.32 Å². The molecule has 1 fully saturated rings. The summed E-state index contributed by atoms with van der Waals surface area (Å²) in [5, 5.41) is 21.6. The van der Waals surface area contributed by atoms with Gasteiger partial charge in [0.1, 0.15) is 6.07 Å². The number of aromatic nitrogens is 1. The summed E-state index contributed by atoms with van der Waals surface area (Å²) in [4.78, 5) is 4.01. The number of nitrogens with zero attached hydrogens (tertiary/aromatic N) is 2. The lowest BCUT2D eigenvalue weighted by Crippen LogP contribution is -2.23. The maximum absolute atomic E-state index is 9.42. The molecule has 0 radical (unpaired) electrons. The molecule has 4 nitrogen and oxygen atoms in total. The van der Waals surface area contributed by atoms with Crippen molar-refractivity contribution < 1.29 is 5.11 Å². The fourth-order valence-corrected chi connectivity index (χ4v) is 2.24. The lowest BCUT2D eigenvalue weighted by atomic mass is 9.87. The zero-order valence-electron chi connectivity index (χ0n) is 9.76. The Labute approximate surface area is 101 Å². The highest BCUT2D eigenvalue weighted by Gasteiger charge is 2.19. The van der Waals surface area contributed by atoms with E-state index in [-0.39, 0.29) is 6.10 Å². The Kier molecular flexibility index (Phi) is 3.94. The molecule has 90 valence electrons. The molecule has 0 spiro atoms. The van der Waals surface area contributed by atoms with Crippen molar-refractivity contribution in [2.24, 2.45) is 5.92 Å². The summed E-state index contributed by atoms with van der Waals surface area (Å²) < 4.78 is 0. The lowest BCUT2D eigenvalue weighted by Gasteiger charge is -2.25. The molecule has 0 aromatic carbocycles. The van der Waals surface area contributed by atoms with E-state index in [9.17, 15) is 5.11 Å². The third-order valence-electron chi connectivity index (χ3n) is 3.31. The van der Waals surface area contributed by atoms with Crippen LogP contribution in [0, 0.1) is 17.2 Å². The lowest BCUT2D eigenvalue weighted by molar-refractivity contribution is 0.111. The molecule has 0 saturated heterocycles. The van der Waals surface area contributed by atoms with Crippen LogP contribution in [0.5, 0.6) is 0 Å². The first kappa shape index (κ1) is 11.9. The van der Waals surface area contributed by atoms with E-state index in [1.165, 1.54) is 0 Å². The molecule has 1 aromatic rings. The Morgan fingerprint density at radius 3 is 2.88 bits per heavy atom. The topological polar surface area (TPSA) is 68.9 Å². The number of anilines is 1. The Balaban J connectivity index is 1.88. The van der Waals surface area contributed by atoms with Gasteiger partial charge in [-0.25, -0.2) is 4.98 Å². The number of hydrogen-bond donors (Lipinski definition) is 2. The van der Waals surface area contributed by atoms with Crippen molar-refractivity contribution >= 4 is 5.69 Å². The van der Waals surface area contributed by atoms with Gasteiger partial charge < -0.3 is 10.4 Å². The monoisotopic (exact) mass is 231 g/mol. The first-order chi connectivity index (χ1) is 8.29. The van der Waals surface area contributed by atoms with Crippen LogP contribution in [0.3, 0.4) is 0 Å². The number of pyridine rings is 1.